The molecule has 3 rings (SSSR count). The van der Waals surface area contributed by atoms with Crippen molar-refractivity contribution >= 4 is 17.6 Å². The van der Waals surface area contributed by atoms with Crippen molar-refractivity contribution in [2.24, 2.45) is 5.73 Å². The zero-order valence-corrected chi connectivity index (χ0v) is 16.1. The lowest BCUT2D eigenvalue weighted by molar-refractivity contribution is 0.1000. The van der Waals surface area contributed by atoms with E-state index in [1.165, 1.54) is 18.6 Å². The van der Waals surface area contributed by atoms with Crippen molar-refractivity contribution < 1.29 is 14.0 Å². The van der Waals surface area contributed by atoms with Crippen LogP contribution < -0.4 is 11.1 Å². The van der Waals surface area contributed by atoms with E-state index in [9.17, 15) is 14.0 Å². The standard InChI is InChI=1S/C22H26FN3O2/c1-15-7-10-17(21(24)27)13-20(15)25-22(28)26(19-5-3-2-4-6-19)14-16-8-11-18(23)12-9-16/h7-13,19H,2-6,14H2,1H3,(H2,24,27)(H,25,28). The Hall–Kier alpha value is -2.89. The van der Waals surface area contributed by atoms with Crippen molar-refractivity contribution in [1.82, 2.24) is 4.90 Å². The van der Waals surface area contributed by atoms with Gasteiger partial charge in [0.05, 0.1) is 0 Å². The van der Waals surface area contributed by atoms with Crippen LogP contribution in [0.4, 0.5) is 14.9 Å². The van der Waals surface area contributed by atoms with E-state index in [-0.39, 0.29) is 17.9 Å². The molecule has 0 spiro atoms. The molecule has 1 aliphatic carbocycles. The van der Waals surface area contributed by atoms with Gasteiger partial charge >= 0.3 is 6.03 Å². The molecule has 3 amide bonds. The molecule has 28 heavy (non-hydrogen) atoms. The lowest BCUT2D eigenvalue weighted by Crippen LogP contribution is -2.43. The Labute approximate surface area is 164 Å². The van der Waals surface area contributed by atoms with Crippen LogP contribution in [-0.4, -0.2) is 22.9 Å². The fourth-order valence-corrected chi connectivity index (χ4v) is 3.64. The van der Waals surface area contributed by atoms with Crippen LogP contribution in [0.25, 0.3) is 0 Å². The highest BCUT2D eigenvalue weighted by Gasteiger charge is 2.26. The quantitative estimate of drug-likeness (QED) is 0.792. The molecule has 2 aromatic rings. The average Bonchev–Trinajstić information content (AvgIpc) is 2.69. The van der Waals surface area contributed by atoms with Crippen molar-refractivity contribution in [2.45, 2.75) is 51.6 Å². The van der Waals surface area contributed by atoms with Gasteiger partial charge in [-0.2, -0.15) is 0 Å². The summed E-state index contributed by atoms with van der Waals surface area (Å²) in [5.41, 5.74) is 8.01. The number of nitrogens with one attached hydrogen (secondary N) is 1. The maximum absolute atomic E-state index is 13.2. The van der Waals surface area contributed by atoms with E-state index in [1.54, 1.807) is 30.3 Å². The van der Waals surface area contributed by atoms with Crippen LogP contribution in [0.2, 0.25) is 0 Å². The van der Waals surface area contributed by atoms with Gasteiger partial charge in [0.1, 0.15) is 5.82 Å². The molecule has 0 aliphatic heterocycles. The summed E-state index contributed by atoms with van der Waals surface area (Å²) in [7, 11) is 0. The molecule has 2 aromatic carbocycles. The molecular weight excluding hydrogens is 357 g/mol. The van der Waals surface area contributed by atoms with Gasteiger partial charge in [-0.1, -0.05) is 37.5 Å². The Morgan fingerprint density at radius 3 is 2.43 bits per heavy atom. The topological polar surface area (TPSA) is 75.4 Å². The summed E-state index contributed by atoms with van der Waals surface area (Å²) in [6.45, 7) is 2.27. The number of carbonyl (C=O) groups is 2. The van der Waals surface area contributed by atoms with Gasteiger partial charge in [0, 0.05) is 23.8 Å². The molecule has 1 fully saturated rings. The molecule has 0 radical (unpaired) electrons. The van der Waals surface area contributed by atoms with Gasteiger partial charge in [0.2, 0.25) is 5.91 Å². The molecule has 0 heterocycles. The Kier molecular flexibility index (Phi) is 6.29. The van der Waals surface area contributed by atoms with Crippen LogP contribution in [0.15, 0.2) is 42.5 Å². The molecule has 3 N–H and O–H groups in total. The zero-order valence-electron chi connectivity index (χ0n) is 16.1. The summed E-state index contributed by atoms with van der Waals surface area (Å²) in [5.74, 6) is -0.831. The van der Waals surface area contributed by atoms with Crippen LogP contribution in [0.3, 0.4) is 0 Å². The largest absolute Gasteiger partial charge is 0.366 e. The van der Waals surface area contributed by atoms with Crippen molar-refractivity contribution in [1.29, 1.82) is 0 Å². The highest BCUT2D eigenvalue weighted by atomic mass is 19.1. The van der Waals surface area contributed by atoms with Crippen molar-refractivity contribution in [3.05, 3.63) is 65.0 Å². The number of halogens is 1. The first-order chi connectivity index (χ1) is 13.4. The normalized spacial score (nSPS) is 14.5. The second kappa shape index (κ2) is 8.87. The summed E-state index contributed by atoms with van der Waals surface area (Å²) in [4.78, 5) is 26.4. The molecule has 0 aromatic heterocycles. The van der Waals surface area contributed by atoms with Crippen LogP contribution in [0.5, 0.6) is 0 Å². The number of hydrogen-bond donors (Lipinski definition) is 2. The maximum Gasteiger partial charge on any atom is 0.322 e. The Bertz CT molecular complexity index is 845. The van der Waals surface area contributed by atoms with Gasteiger partial charge in [0.25, 0.3) is 0 Å². The number of benzene rings is 2. The van der Waals surface area contributed by atoms with Crippen molar-refractivity contribution in [2.75, 3.05) is 5.32 Å². The van der Waals surface area contributed by atoms with Crippen LogP contribution in [0, 0.1) is 12.7 Å². The molecule has 148 valence electrons. The number of carbonyl (C=O) groups excluding carboxylic acids is 2. The first kappa shape index (κ1) is 19.9. The van der Waals surface area contributed by atoms with Crippen LogP contribution in [-0.2, 0) is 6.54 Å². The number of aryl methyl sites for hydroxylation is 1. The molecule has 6 heteroatoms. The molecule has 0 unspecified atom stereocenters. The van der Waals surface area contributed by atoms with Gasteiger partial charge in [-0.05, 0) is 55.2 Å². The second-order valence-electron chi connectivity index (χ2n) is 7.37. The number of anilines is 1. The molecule has 0 bridgehead atoms. The Morgan fingerprint density at radius 2 is 1.79 bits per heavy atom. The van der Waals surface area contributed by atoms with E-state index in [4.69, 9.17) is 5.73 Å². The van der Waals surface area contributed by atoms with Gasteiger partial charge in [-0.3, -0.25) is 4.79 Å². The maximum atomic E-state index is 13.2. The minimum atomic E-state index is -0.536. The lowest BCUT2D eigenvalue weighted by Gasteiger charge is -2.34. The van der Waals surface area contributed by atoms with Gasteiger partial charge in [-0.25, -0.2) is 9.18 Å². The number of nitrogens with zero attached hydrogens (tertiary/aromatic N) is 1. The van der Waals surface area contributed by atoms with Gasteiger partial charge in [0.15, 0.2) is 0 Å². The van der Waals surface area contributed by atoms with E-state index in [0.29, 0.717) is 17.8 Å². The molecular formula is C22H26FN3O2. The number of nitrogens with two attached hydrogens (primary N) is 1. The summed E-state index contributed by atoms with van der Waals surface area (Å²) in [6, 6.07) is 11.2. The number of hydrogen-bond acceptors (Lipinski definition) is 2. The third-order valence-electron chi connectivity index (χ3n) is 5.31. The monoisotopic (exact) mass is 383 g/mol. The van der Waals surface area contributed by atoms with Crippen LogP contribution in [0.1, 0.15) is 53.6 Å². The summed E-state index contributed by atoms with van der Waals surface area (Å²) in [6.07, 6.45) is 5.27. The fraction of sp³-hybridized carbons (Fsp3) is 0.364. The third-order valence-corrected chi connectivity index (χ3v) is 5.31. The zero-order chi connectivity index (χ0) is 20.1. The average molecular weight is 383 g/mol. The highest BCUT2D eigenvalue weighted by molar-refractivity contribution is 5.96. The van der Waals surface area contributed by atoms with Gasteiger partial charge < -0.3 is 16.0 Å². The smallest absolute Gasteiger partial charge is 0.322 e. The lowest BCUT2D eigenvalue weighted by atomic mass is 9.94. The molecule has 0 atom stereocenters. The minimum Gasteiger partial charge on any atom is -0.366 e. The number of rotatable bonds is 5. The molecule has 5 nitrogen and oxygen atoms in total. The second-order valence-corrected chi connectivity index (χ2v) is 7.37. The SMILES string of the molecule is Cc1ccc(C(N)=O)cc1NC(=O)N(Cc1ccc(F)cc1)C1CCCCC1. The Balaban J connectivity index is 1.82. The van der Waals surface area contributed by atoms with E-state index >= 15 is 0 Å². The third kappa shape index (κ3) is 4.88. The highest BCUT2D eigenvalue weighted by Crippen LogP contribution is 2.26. The molecule has 1 saturated carbocycles. The van der Waals surface area contributed by atoms with E-state index in [0.717, 1.165) is 36.8 Å². The van der Waals surface area contributed by atoms with E-state index in [2.05, 4.69) is 5.32 Å². The number of urea groups is 1. The molecule has 0 saturated heterocycles. The minimum absolute atomic E-state index is 0.137. The summed E-state index contributed by atoms with van der Waals surface area (Å²) >= 11 is 0. The number of primary amides is 1. The predicted octanol–water partition coefficient (Wildman–Crippen LogP) is 4.60. The first-order valence-electron chi connectivity index (χ1n) is 9.66. The van der Waals surface area contributed by atoms with Crippen molar-refractivity contribution in [3.63, 3.8) is 0 Å². The van der Waals surface area contributed by atoms with Crippen LogP contribution >= 0.6 is 0 Å². The van der Waals surface area contributed by atoms with Crippen molar-refractivity contribution in [3.8, 4) is 0 Å². The summed E-state index contributed by atoms with van der Waals surface area (Å²) in [5, 5.41) is 2.94. The molecule has 1 aliphatic rings. The van der Waals surface area contributed by atoms with Gasteiger partial charge in [-0.15, -0.1) is 0 Å². The summed E-state index contributed by atoms with van der Waals surface area (Å²) < 4.78 is 13.2. The number of amides is 3. The fourth-order valence-electron chi connectivity index (χ4n) is 3.64. The first-order valence-corrected chi connectivity index (χ1v) is 9.66. The van der Waals surface area contributed by atoms with E-state index in [1.807, 2.05) is 11.8 Å². The van der Waals surface area contributed by atoms with E-state index < -0.39 is 5.91 Å². The predicted molar refractivity (Wildman–Crippen MR) is 108 cm³/mol. The Morgan fingerprint density at radius 1 is 1.11 bits per heavy atom.